The fourth-order valence-corrected chi connectivity index (χ4v) is 5.67. The van der Waals surface area contributed by atoms with E-state index in [9.17, 15) is 19.2 Å². The van der Waals surface area contributed by atoms with Crippen LogP contribution in [-0.2, 0) is 33.3 Å². The first-order valence-electron chi connectivity index (χ1n) is 14.6. The Morgan fingerprint density at radius 2 is 1.75 bits per heavy atom. The Bertz CT molecular complexity index is 1260. The van der Waals surface area contributed by atoms with Crippen LogP contribution >= 0.6 is 0 Å². The third kappa shape index (κ3) is 9.10. The highest BCUT2D eigenvalue weighted by Gasteiger charge is 2.38. The number of rotatable bonds is 7. The molecule has 0 aromatic carbocycles. The van der Waals surface area contributed by atoms with Crippen LogP contribution < -0.4 is 16.4 Å². The van der Waals surface area contributed by atoms with Crippen LogP contribution in [0.5, 0.6) is 0 Å². The molecule has 1 heterocycles. The quantitative estimate of drug-likeness (QED) is 0.289. The summed E-state index contributed by atoms with van der Waals surface area (Å²) in [5.41, 5.74) is 6.36. The van der Waals surface area contributed by atoms with Gasteiger partial charge in [-0.2, -0.15) is 0 Å². The van der Waals surface area contributed by atoms with Gasteiger partial charge in [0.2, 0.25) is 11.6 Å². The number of carbonyl (C=O) groups is 4. The van der Waals surface area contributed by atoms with E-state index in [1.54, 1.807) is 39.4 Å². The third-order valence-corrected chi connectivity index (χ3v) is 7.89. The Hall–Kier alpha value is -3.80. The minimum Gasteiger partial charge on any atom is -0.441 e. The van der Waals surface area contributed by atoms with Gasteiger partial charge in [0, 0.05) is 50.9 Å². The third-order valence-electron chi connectivity index (χ3n) is 7.89. The first kappa shape index (κ1) is 36.4. The van der Waals surface area contributed by atoms with Crippen molar-refractivity contribution in [3.05, 3.63) is 71.1 Å². The normalized spacial score (nSPS) is 32.4. The summed E-state index contributed by atoms with van der Waals surface area (Å²) >= 11 is 0. The lowest BCUT2D eigenvalue weighted by Gasteiger charge is -2.34. The van der Waals surface area contributed by atoms with Crippen molar-refractivity contribution in [3.8, 4) is 0 Å². The lowest BCUT2D eigenvalue weighted by Crippen LogP contribution is -2.42. The Morgan fingerprint density at radius 1 is 1.07 bits per heavy atom. The van der Waals surface area contributed by atoms with Crippen LogP contribution in [0.1, 0.15) is 41.0 Å². The van der Waals surface area contributed by atoms with E-state index in [2.05, 4.69) is 17.2 Å². The predicted molar refractivity (Wildman–Crippen MR) is 167 cm³/mol. The number of ether oxygens (including phenoxy) is 4. The zero-order chi connectivity index (χ0) is 33.1. The molecule has 242 valence electrons. The Kier molecular flexibility index (Phi) is 14.0. The maximum absolute atomic E-state index is 13.9. The number of amides is 2. The molecule has 44 heavy (non-hydrogen) atoms. The summed E-state index contributed by atoms with van der Waals surface area (Å²) in [5, 5.41) is 5.53. The molecule has 0 radical (unpaired) electrons. The zero-order valence-corrected chi connectivity index (χ0v) is 27.0. The molecule has 4 N–H and O–H groups in total. The number of nitrogens with two attached hydrogens (primary N) is 1. The average molecular weight is 614 g/mol. The first-order chi connectivity index (χ1) is 20.8. The van der Waals surface area contributed by atoms with E-state index < -0.39 is 48.0 Å². The second-order valence-electron chi connectivity index (χ2n) is 11.2. The predicted octanol–water partition coefficient (Wildman–Crippen LogP) is 3.44. The van der Waals surface area contributed by atoms with Crippen molar-refractivity contribution in [2.24, 2.45) is 23.5 Å². The van der Waals surface area contributed by atoms with Gasteiger partial charge in [0.1, 0.15) is 17.5 Å². The molecule has 0 fully saturated rings. The Morgan fingerprint density at radius 3 is 2.32 bits per heavy atom. The summed E-state index contributed by atoms with van der Waals surface area (Å²) in [6, 6.07) is 0. The number of hydrogen-bond donors (Lipinski definition) is 3. The number of ketones is 2. The van der Waals surface area contributed by atoms with E-state index in [0.29, 0.717) is 6.42 Å². The Balaban J connectivity index is 2.72. The van der Waals surface area contributed by atoms with Crippen LogP contribution in [0, 0.1) is 17.8 Å². The number of hydrogen-bond acceptors (Lipinski definition) is 9. The van der Waals surface area contributed by atoms with Gasteiger partial charge < -0.3 is 35.3 Å². The summed E-state index contributed by atoms with van der Waals surface area (Å²) in [4.78, 5) is 52.2. The number of primary amides is 1. The molecule has 11 heteroatoms. The molecule has 0 saturated heterocycles. The topological polar surface area (TPSA) is 155 Å². The molecule has 0 aromatic rings. The van der Waals surface area contributed by atoms with Gasteiger partial charge in [-0.25, -0.2) is 4.79 Å². The van der Waals surface area contributed by atoms with Crippen molar-refractivity contribution >= 4 is 23.6 Å². The lowest BCUT2D eigenvalue weighted by atomic mass is 9.83. The van der Waals surface area contributed by atoms with Crippen molar-refractivity contribution in [1.29, 1.82) is 0 Å². The van der Waals surface area contributed by atoms with Crippen LogP contribution in [0.2, 0.25) is 0 Å². The molecule has 2 bridgehead atoms. The largest absolute Gasteiger partial charge is 0.441 e. The van der Waals surface area contributed by atoms with Crippen LogP contribution in [0.3, 0.4) is 0 Å². The minimum absolute atomic E-state index is 0.0339. The zero-order valence-electron chi connectivity index (χ0n) is 27.0. The highest BCUT2D eigenvalue weighted by molar-refractivity contribution is 6.24. The molecule has 0 aromatic heterocycles. The number of methoxy groups -OCH3 is 3. The van der Waals surface area contributed by atoms with Crippen LogP contribution in [0.15, 0.2) is 71.1 Å². The lowest BCUT2D eigenvalue weighted by molar-refractivity contribution is -0.121. The van der Waals surface area contributed by atoms with Gasteiger partial charge in [-0.1, -0.05) is 51.2 Å². The smallest absolute Gasteiger partial charge is 0.405 e. The van der Waals surface area contributed by atoms with Gasteiger partial charge in [-0.15, -0.1) is 6.58 Å². The summed E-state index contributed by atoms with van der Waals surface area (Å²) in [7, 11) is 4.63. The van der Waals surface area contributed by atoms with Crippen molar-refractivity contribution in [2.45, 2.75) is 65.5 Å². The van der Waals surface area contributed by atoms with Crippen molar-refractivity contribution < 1.29 is 38.1 Å². The van der Waals surface area contributed by atoms with E-state index in [1.807, 2.05) is 33.8 Å². The average Bonchev–Trinajstić information content (AvgIpc) is 2.97. The minimum atomic E-state index is -0.911. The molecule has 7 atom stereocenters. The molecular weight excluding hydrogens is 566 g/mol. The molecule has 2 aliphatic rings. The fraction of sp³-hybridized carbons (Fsp3) is 0.515. The van der Waals surface area contributed by atoms with Gasteiger partial charge in [0.25, 0.3) is 5.91 Å². The van der Waals surface area contributed by atoms with E-state index >= 15 is 0 Å². The number of allylic oxidation sites excluding steroid dienone is 4. The molecule has 2 amide bonds. The SMILES string of the molecule is C=CCNC1=C2NC(=O)/C(C)=C/C=C\[C@H](C)[C@@H](OC(N)=O)/C(C)=C/[C@H](C)[C@@H](OC)[C@@H](OC)C[C@H](C)[C@@H](OC)C(=CC1=O)C2=O. The molecule has 0 spiro atoms. The highest BCUT2D eigenvalue weighted by atomic mass is 16.6. The van der Waals surface area contributed by atoms with Crippen molar-refractivity contribution in [1.82, 2.24) is 10.6 Å². The van der Waals surface area contributed by atoms with E-state index in [4.69, 9.17) is 24.7 Å². The van der Waals surface area contributed by atoms with Gasteiger partial charge >= 0.3 is 6.09 Å². The summed E-state index contributed by atoms with van der Waals surface area (Å²) < 4.78 is 23.1. The van der Waals surface area contributed by atoms with Crippen molar-refractivity contribution in [3.63, 3.8) is 0 Å². The molecule has 2 rings (SSSR count). The van der Waals surface area contributed by atoms with Crippen molar-refractivity contribution in [2.75, 3.05) is 27.9 Å². The molecule has 0 saturated carbocycles. The summed E-state index contributed by atoms with van der Waals surface area (Å²) in [6.07, 6.45) is 6.91. The van der Waals surface area contributed by atoms with E-state index in [-0.39, 0.29) is 46.8 Å². The van der Waals surface area contributed by atoms with Crippen LogP contribution in [0.25, 0.3) is 0 Å². The van der Waals surface area contributed by atoms with Crippen LogP contribution in [0.4, 0.5) is 4.79 Å². The summed E-state index contributed by atoms with van der Waals surface area (Å²) in [6.45, 7) is 13.0. The maximum Gasteiger partial charge on any atom is 0.405 e. The van der Waals surface area contributed by atoms with Gasteiger partial charge in [0.15, 0.2) is 0 Å². The van der Waals surface area contributed by atoms with Gasteiger partial charge in [-0.05, 0) is 37.8 Å². The first-order valence-corrected chi connectivity index (χ1v) is 14.6. The second kappa shape index (κ2) is 16.9. The maximum atomic E-state index is 13.9. The molecular formula is C33H47N3O8. The standard InChI is InChI=1S/C33H47N3O8/c1-10-14-35-26-24(37)17-23-28(38)27(26)36-32(39)19(3)13-11-12-18(2)29(44-33(34)40)20(4)15-21(5)31(43-9)25(41-7)16-22(6)30(23)42-8/h10-13,15,17-18,21-22,25,29-31,35H,1,14,16H2,2-9H3,(H2,34,40)(H,36,39)/b12-11-,19-13+,20-15+/t18-,21-,22-,25-,29+,30+,31+/m0/s1. The summed E-state index contributed by atoms with van der Waals surface area (Å²) in [5.74, 6) is -2.40. The number of fused-ring (bicyclic) bond motifs is 2. The van der Waals surface area contributed by atoms with Crippen LogP contribution in [-0.4, -0.2) is 75.9 Å². The van der Waals surface area contributed by atoms with E-state index in [0.717, 1.165) is 5.57 Å². The van der Waals surface area contributed by atoms with E-state index in [1.165, 1.54) is 19.3 Å². The highest BCUT2D eigenvalue weighted by Crippen LogP contribution is 2.31. The fourth-order valence-electron chi connectivity index (χ4n) is 5.67. The number of Topliss-reactive ketones (excluding diaryl/α,β-unsaturated/α-hetero) is 1. The monoisotopic (exact) mass is 613 g/mol. The molecule has 0 unspecified atom stereocenters. The number of carbonyl (C=O) groups excluding carboxylic acids is 4. The molecule has 1 aliphatic heterocycles. The molecule has 1 aliphatic carbocycles. The second-order valence-corrected chi connectivity index (χ2v) is 11.2. The van der Waals surface area contributed by atoms with Gasteiger partial charge in [-0.3, -0.25) is 14.4 Å². The van der Waals surface area contributed by atoms with Gasteiger partial charge in [0.05, 0.1) is 18.3 Å². The molecule has 11 nitrogen and oxygen atoms in total. The number of nitrogens with one attached hydrogen (secondary N) is 2. The Labute approximate surface area is 260 Å².